The zero-order valence-electron chi connectivity index (χ0n) is 14.3. The summed E-state index contributed by atoms with van der Waals surface area (Å²) in [5, 5.41) is 8.67. The van der Waals surface area contributed by atoms with Gasteiger partial charge in [0.25, 0.3) is 5.91 Å². The van der Waals surface area contributed by atoms with Crippen LogP contribution in [0.15, 0.2) is 59.8 Å². The number of carbonyl (C=O) groups is 2. The highest BCUT2D eigenvalue weighted by Crippen LogP contribution is 2.30. The third kappa shape index (κ3) is 3.65. The number of benzene rings is 2. The topological polar surface area (TPSA) is 79.5 Å². The summed E-state index contributed by atoms with van der Waals surface area (Å²) in [6.07, 6.45) is 0. The van der Waals surface area contributed by atoms with Crippen LogP contribution in [0.5, 0.6) is 5.75 Å². The van der Waals surface area contributed by atoms with Gasteiger partial charge in [-0.3, -0.25) is 4.79 Å². The number of nitrogens with one attached hydrogen (secondary N) is 3. The van der Waals surface area contributed by atoms with Crippen LogP contribution in [0.25, 0.3) is 0 Å². The van der Waals surface area contributed by atoms with E-state index in [1.165, 1.54) is 0 Å². The number of anilines is 1. The molecular weight excluding hydrogens is 354 g/mol. The molecule has 0 radical (unpaired) electrons. The maximum atomic E-state index is 12.9. The van der Waals surface area contributed by atoms with E-state index in [1.807, 2.05) is 12.1 Å². The zero-order valence-corrected chi connectivity index (χ0v) is 15.1. The average molecular weight is 372 g/mol. The van der Waals surface area contributed by atoms with E-state index in [9.17, 15) is 9.59 Å². The number of rotatable bonds is 4. The lowest BCUT2D eigenvalue weighted by Crippen LogP contribution is -2.45. The molecule has 26 heavy (non-hydrogen) atoms. The molecule has 134 valence electrons. The van der Waals surface area contributed by atoms with Crippen molar-refractivity contribution in [1.82, 2.24) is 10.6 Å². The Bertz CT molecular complexity index is 878. The largest absolute Gasteiger partial charge is 0.497 e. The SMILES string of the molecule is COc1ccc([C@@H]2NC(=O)NC(C)=C2C(=O)Nc2ccccc2Cl)cc1. The van der Waals surface area contributed by atoms with Gasteiger partial charge in [-0.25, -0.2) is 4.79 Å². The van der Waals surface area contributed by atoms with E-state index in [2.05, 4.69) is 16.0 Å². The maximum absolute atomic E-state index is 12.9. The summed E-state index contributed by atoms with van der Waals surface area (Å²) in [5.41, 5.74) is 2.17. The Morgan fingerprint density at radius 2 is 1.85 bits per heavy atom. The van der Waals surface area contributed by atoms with Gasteiger partial charge in [-0.2, -0.15) is 0 Å². The van der Waals surface area contributed by atoms with Crippen molar-refractivity contribution < 1.29 is 14.3 Å². The highest BCUT2D eigenvalue weighted by molar-refractivity contribution is 6.33. The predicted molar refractivity (Wildman–Crippen MR) is 100 cm³/mol. The number of methoxy groups -OCH3 is 1. The summed E-state index contributed by atoms with van der Waals surface area (Å²) in [4.78, 5) is 24.8. The van der Waals surface area contributed by atoms with Crippen molar-refractivity contribution in [2.24, 2.45) is 0 Å². The van der Waals surface area contributed by atoms with Gasteiger partial charge >= 0.3 is 6.03 Å². The van der Waals surface area contributed by atoms with Crippen LogP contribution in [0.1, 0.15) is 18.5 Å². The quantitative estimate of drug-likeness (QED) is 0.768. The fourth-order valence-electron chi connectivity index (χ4n) is 2.79. The molecule has 0 fully saturated rings. The Kier molecular flexibility index (Phi) is 5.14. The van der Waals surface area contributed by atoms with Crippen molar-refractivity contribution in [3.8, 4) is 5.75 Å². The molecule has 1 atom stereocenters. The van der Waals surface area contributed by atoms with Gasteiger partial charge < -0.3 is 20.7 Å². The number of ether oxygens (including phenoxy) is 1. The normalized spacial score (nSPS) is 16.6. The molecule has 1 aliphatic heterocycles. The number of halogens is 1. The highest BCUT2D eigenvalue weighted by Gasteiger charge is 2.31. The molecule has 0 aliphatic carbocycles. The van der Waals surface area contributed by atoms with Gasteiger partial charge in [0.05, 0.1) is 29.4 Å². The minimum atomic E-state index is -0.586. The van der Waals surface area contributed by atoms with Gasteiger partial charge in [0, 0.05) is 5.70 Å². The molecule has 7 heteroatoms. The molecule has 0 aromatic heterocycles. The number of allylic oxidation sites excluding steroid dienone is 1. The van der Waals surface area contributed by atoms with E-state index >= 15 is 0 Å². The molecule has 3 amide bonds. The van der Waals surface area contributed by atoms with Crippen molar-refractivity contribution in [3.63, 3.8) is 0 Å². The smallest absolute Gasteiger partial charge is 0.319 e. The molecule has 0 bridgehead atoms. The first kappa shape index (κ1) is 17.8. The van der Waals surface area contributed by atoms with E-state index in [1.54, 1.807) is 50.4 Å². The van der Waals surface area contributed by atoms with Crippen LogP contribution in [0.3, 0.4) is 0 Å². The fourth-order valence-corrected chi connectivity index (χ4v) is 2.98. The number of carbonyl (C=O) groups excluding carboxylic acids is 2. The second-order valence-electron chi connectivity index (χ2n) is 5.78. The summed E-state index contributed by atoms with van der Waals surface area (Å²) in [5.74, 6) is 0.348. The monoisotopic (exact) mass is 371 g/mol. The number of amides is 3. The Morgan fingerprint density at radius 3 is 2.50 bits per heavy atom. The maximum Gasteiger partial charge on any atom is 0.319 e. The van der Waals surface area contributed by atoms with Crippen LogP contribution in [-0.2, 0) is 4.79 Å². The fraction of sp³-hybridized carbons (Fsp3) is 0.158. The molecule has 6 nitrogen and oxygen atoms in total. The van der Waals surface area contributed by atoms with Crippen molar-refractivity contribution in [1.29, 1.82) is 0 Å². The lowest BCUT2D eigenvalue weighted by Gasteiger charge is -2.28. The first-order valence-corrected chi connectivity index (χ1v) is 8.35. The molecule has 1 heterocycles. The van der Waals surface area contributed by atoms with Crippen molar-refractivity contribution in [2.45, 2.75) is 13.0 Å². The Labute approximate surface area is 156 Å². The zero-order chi connectivity index (χ0) is 18.7. The van der Waals surface area contributed by atoms with Crippen LogP contribution >= 0.6 is 11.6 Å². The molecule has 0 saturated heterocycles. The first-order chi connectivity index (χ1) is 12.5. The number of hydrogen-bond donors (Lipinski definition) is 3. The molecule has 2 aromatic carbocycles. The summed E-state index contributed by atoms with van der Waals surface area (Å²) >= 11 is 6.12. The second-order valence-corrected chi connectivity index (χ2v) is 6.18. The van der Waals surface area contributed by atoms with E-state index in [4.69, 9.17) is 16.3 Å². The van der Waals surface area contributed by atoms with Gasteiger partial charge in [-0.05, 0) is 36.8 Å². The number of para-hydroxylation sites is 1. The molecule has 0 spiro atoms. The molecule has 2 aromatic rings. The third-order valence-electron chi connectivity index (χ3n) is 4.08. The lowest BCUT2D eigenvalue weighted by atomic mass is 9.94. The standard InChI is InChI=1S/C19H18ClN3O3/c1-11-16(18(24)22-15-6-4-3-5-14(15)20)17(23-19(25)21-11)12-7-9-13(26-2)10-8-12/h3-10,17H,1-2H3,(H,22,24)(H2,21,23,25)/t17-/m0/s1. The molecule has 0 saturated carbocycles. The van der Waals surface area contributed by atoms with Gasteiger partial charge in [0.15, 0.2) is 0 Å². The van der Waals surface area contributed by atoms with Crippen LogP contribution in [0, 0.1) is 0 Å². The minimum absolute atomic E-state index is 0.344. The Hall–Kier alpha value is -2.99. The minimum Gasteiger partial charge on any atom is -0.497 e. The van der Waals surface area contributed by atoms with Gasteiger partial charge in [-0.1, -0.05) is 35.9 Å². The van der Waals surface area contributed by atoms with Crippen LogP contribution in [0.4, 0.5) is 10.5 Å². The predicted octanol–water partition coefficient (Wildman–Crippen LogP) is 3.62. The first-order valence-electron chi connectivity index (χ1n) is 7.97. The summed E-state index contributed by atoms with van der Waals surface area (Å²) in [6, 6.07) is 13.2. The second kappa shape index (κ2) is 7.49. The molecular formula is C19H18ClN3O3. The summed E-state index contributed by atoms with van der Waals surface area (Å²) in [6.45, 7) is 1.69. The summed E-state index contributed by atoms with van der Waals surface area (Å²) < 4.78 is 5.16. The highest BCUT2D eigenvalue weighted by atomic mass is 35.5. The van der Waals surface area contributed by atoms with Gasteiger partial charge in [-0.15, -0.1) is 0 Å². The van der Waals surface area contributed by atoms with Crippen LogP contribution in [-0.4, -0.2) is 19.0 Å². The van der Waals surface area contributed by atoms with Crippen LogP contribution < -0.4 is 20.7 Å². The van der Waals surface area contributed by atoms with Crippen LogP contribution in [0.2, 0.25) is 5.02 Å². The van der Waals surface area contributed by atoms with E-state index in [0.717, 1.165) is 5.56 Å². The van der Waals surface area contributed by atoms with Gasteiger partial charge in [0.2, 0.25) is 0 Å². The van der Waals surface area contributed by atoms with Crippen molar-refractivity contribution in [2.75, 3.05) is 12.4 Å². The summed E-state index contributed by atoms with van der Waals surface area (Å²) in [7, 11) is 1.58. The van der Waals surface area contributed by atoms with E-state index < -0.39 is 6.04 Å². The molecule has 1 aliphatic rings. The third-order valence-corrected chi connectivity index (χ3v) is 4.41. The van der Waals surface area contributed by atoms with E-state index in [0.29, 0.717) is 27.7 Å². The Morgan fingerprint density at radius 1 is 1.15 bits per heavy atom. The average Bonchev–Trinajstić information content (AvgIpc) is 2.63. The molecule has 0 unspecified atom stereocenters. The molecule has 3 rings (SSSR count). The van der Waals surface area contributed by atoms with Crippen molar-refractivity contribution >= 4 is 29.2 Å². The van der Waals surface area contributed by atoms with Gasteiger partial charge in [0.1, 0.15) is 5.75 Å². The Balaban J connectivity index is 1.94. The van der Waals surface area contributed by atoms with E-state index in [-0.39, 0.29) is 11.9 Å². The number of hydrogen-bond acceptors (Lipinski definition) is 3. The van der Waals surface area contributed by atoms with Crippen molar-refractivity contribution in [3.05, 3.63) is 70.4 Å². The lowest BCUT2D eigenvalue weighted by molar-refractivity contribution is -0.113. The molecule has 3 N–H and O–H groups in total. The number of urea groups is 1.